The van der Waals surface area contributed by atoms with E-state index in [0.717, 1.165) is 11.8 Å². The highest BCUT2D eigenvalue weighted by Crippen LogP contribution is 2.32. The van der Waals surface area contributed by atoms with Gasteiger partial charge < -0.3 is 16.2 Å². The van der Waals surface area contributed by atoms with Crippen LogP contribution in [-0.4, -0.2) is 26.5 Å². The number of hydrogen-bond donors (Lipinski definition) is 2. The number of nitrogens with zero attached hydrogens (tertiary/aromatic N) is 1. The second-order valence-corrected chi connectivity index (χ2v) is 7.82. The van der Waals surface area contributed by atoms with Gasteiger partial charge in [-0.1, -0.05) is 24.6 Å². The Bertz CT molecular complexity index is 961. The number of carbonyl (C=O) groups excluding carboxylic acids is 1. The lowest BCUT2D eigenvalue weighted by Crippen LogP contribution is -2.24. The van der Waals surface area contributed by atoms with Crippen molar-refractivity contribution in [1.29, 1.82) is 0 Å². The maximum absolute atomic E-state index is 12.2. The third-order valence-corrected chi connectivity index (χ3v) is 4.78. The van der Waals surface area contributed by atoms with Gasteiger partial charge >= 0.3 is 0 Å². The van der Waals surface area contributed by atoms with Crippen LogP contribution in [0.25, 0.3) is 0 Å². The van der Waals surface area contributed by atoms with Crippen LogP contribution in [0.4, 0.5) is 0 Å². The summed E-state index contributed by atoms with van der Waals surface area (Å²) in [5.74, 6) is -0.452. The van der Waals surface area contributed by atoms with Crippen molar-refractivity contribution in [1.82, 2.24) is 0 Å². The Hall–Kier alpha value is -2.87. The Balaban J connectivity index is 2.62. The van der Waals surface area contributed by atoms with E-state index in [-0.39, 0.29) is 16.2 Å². The summed E-state index contributed by atoms with van der Waals surface area (Å²) in [6.07, 6.45) is 1.51. The number of ether oxygens (including phenoxy) is 1. The summed E-state index contributed by atoms with van der Waals surface area (Å²) in [7, 11) is -3.66. The van der Waals surface area contributed by atoms with Gasteiger partial charge in [-0.15, -0.1) is 0 Å². The zero-order chi connectivity index (χ0) is 19.5. The van der Waals surface area contributed by atoms with E-state index in [9.17, 15) is 13.2 Å². The van der Waals surface area contributed by atoms with Crippen LogP contribution in [0.1, 0.15) is 28.4 Å². The molecule has 0 saturated carbocycles. The maximum atomic E-state index is 12.2. The van der Waals surface area contributed by atoms with E-state index in [4.69, 9.17) is 16.2 Å². The van der Waals surface area contributed by atoms with Crippen molar-refractivity contribution in [2.75, 3.05) is 6.26 Å². The van der Waals surface area contributed by atoms with Crippen LogP contribution >= 0.6 is 0 Å². The van der Waals surface area contributed by atoms with Crippen molar-refractivity contribution in [3.05, 3.63) is 53.1 Å². The number of amides is 1. The van der Waals surface area contributed by atoms with Gasteiger partial charge in [0, 0.05) is 11.8 Å². The highest BCUT2D eigenvalue weighted by Gasteiger charge is 2.21. The largest absolute Gasteiger partial charge is 0.456 e. The van der Waals surface area contributed by atoms with E-state index in [2.05, 4.69) is 4.99 Å². The number of hydrogen-bond acceptors (Lipinski definition) is 4. The molecular formula is C18H21N3O4S. The summed E-state index contributed by atoms with van der Waals surface area (Å²) in [5, 5.41) is 0. The van der Waals surface area contributed by atoms with Gasteiger partial charge in [-0.05, 0) is 43.2 Å². The first kappa shape index (κ1) is 19.5. The Morgan fingerprint density at radius 2 is 1.77 bits per heavy atom. The zero-order valence-corrected chi connectivity index (χ0v) is 15.6. The third-order valence-electron chi connectivity index (χ3n) is 3.66. The molecular weight excluding hydrogens is 354 g/mol. The highest BCUT2D eigenvalue weighted by atomic mass is 32.2. The molecule has 0 aliphatic heterocycles. The number of nitrogens with two attached hydrogens (primary N) is 2. The average Bonchev–Trinajstić information content (AvgIpc) is 2.54. The maximum Gasteiger partial charge on any atom is 0.280 e. The lowest BCUT2D eigenvalue weighted by Gasteiger charge is -2.14. The van der Waals surface area contributed by atoms with E-state index in [1.807, 2.05) is 26.0 Å². The van der Waals surface area contributed by atoms with E-state index in [0.29, 0.717) is 17.7 Å². The number of aryl methyl sites for hydroxylation is 2. The van der Waals surface area contributed by atoms with Crippen LogP contribution in [0, 0.1) is 6.92 Å². The van der Waals surface area contributed by atoms with Crippen molar-refractivity contribution in [3.8, 4) is 11.5 Å². The fourth-order valence-electron chi connectivity index (χ4n) is 2.37. The van der Waals surface area contributed by atoms with Gasteiger partial charge in [0.05, 0.1) is 0 Å². The molecule has 0 aliphatic rings. The van der Waals surface area contributed by atoms with Gasteiger partial charge in [-0.25, -0.2) is 8.42 Å². The first-order valence-electron chi connectivity index (χ1n) is 7.87. The van der Waals surface area contributed by atoms with Gasteiger partial charge in [0.1, 0.15) is 16.4 Å². The number of carbonyl (C=O) groups is 1. The minimum Gasteiger partial charge on any atom is -0.456 e. The SMILES string of the molecule is CCc1cc(Oc2ccc(C)cc2)c(S(C)(=O)=O)cc1C(=O)N=C(N)N. The molecule has 0 atom stereocenters. The van der Waals surface area contributed by atoms with Crippen LogP contribution in [0.15, 0.2) is 46.3 Å². The predicted octanol–water partition coefficient (Wildman–Crippen LogP) is 2.17. The summed E-state index contributed by atoms with van der Waals surface area (Å²) in [6.45, 7) is 3.77. The van der Waals surface area contributed by atoms with E-state index < -0.39 is 21.7 Å². The summed E-state index contributed by atoms with van der Waals surface area (Å²) < 4.78 is 30.2. The number of aliphatic imine (C=N–C) groups is 1. The Morgan fingerprint density at radius 3 is 2.27 bits per heavy atom. The lowest BCUT2D eigenvalue weighted by molar-refractivity contribution is 0.100. The topological polar surface area (TPSA) is 125 Å². The normalized spacial score (nSPS) is 11.0. The molecule has 1 amide bonds. The van der Waals surface area contributed by atoms with Crippen LogP contribution in [-0.2, 0) is 16.3 Å². The molecule has 0 radical (unpaired) electrons. The molecule has 0 spiro atoms. The van der Waals surface area contributed by atoms with Gasteiger partial charge in [0.15, 0.2) is 15.8 Å². The van der Waals surface area contributed by atoms with Crippen molar-refractivity contribution in [2.24, 2.45) is 16.5 Å². The van der Waals surface area contributed by atoms with E-state index in [1.165, 1.54) is 12.1 Å². The van der Waals surface area contributed by atoms with Crippen molar-refractivity contribution >= 4 is 21.7 Å². The minimum atomic E-state index is -3.66. The van der Waals surface area contributed by atoms with Gasteiger partial charge in [-0.3, -0.25) is 4.79 Å². The van der Waals surface area contributed by atoms with Gasteiger partial charge in [0.25, 0.3) is 5.91 Å². The molecule has 0 aromatic heterocycles. The number of rotatable bonds is 5. The third kappa shape index (κ3) is 4.60. The molecule has 0 heterocycles. The van der Waals surface area contributed by atoms with Crippen LogP contribution in [0.3, 0.4) is 0 Å². The Morgan fingerprint density at radius 1 is 1.15 bits per heavy atom. The van der Waals surface area contributed by atoms with Crippen LogP contribution in [0.5, 0.6) is 11.5 Å². The lowest BCUT2D eigenvalue weighted by atomic mass is 10.0. The molecule has 7 nitrogen and oxygen atoms in total. The quantitative estimate of drug-likeness (QED) is 0.609. The van der Waals surface area contributed by atoms with Crippen LogP contribution < -0.4 is 16.2 Å². The number of sulfone groups is 1. The fraction of sp³-hybridized carbons (Fsp3) is 0.222. The molecule has 0 fully saturated rings. The number of benzene rings is 2. The van der Waals surface area contributed by atoms with E-state index in [1.54, 1.807) is 12.1 Å². The first-order chi connectivity index (χ1) is 12.1. The van der Waals surface area contributed by atoms with Crippen molar-refractivity contribution in [2.45, 2.75) is 25.2 Å². The van der Waals surface area contributed by atoms with Gasteiger partial charge in [0.2, 0.25) is 0 Å². The summed E-state index contributed by atoms with van der Waals surface area (Å²) in [5.41, 5.74) is 12.3. The summed E-state index contributed by atoms with van der Waals surface area (Å²) >= 11 is 0. The van der Waals surface area contributed by atoms with Gasteiger partial charge in [-0.2, -0.15) is 4.99 Å². The molecule has 4 N–H and O–H groups in total. The van der Waals surface area contributed by atoms with E-state index >= 15 is 0 Å². The predicted molar refractivity (Wildman–Crippen MR) is 100 cm³/mol. The smallest absolute Gasteiger partial charge is 0.280 e. The zero-order valence-electron chi connectivity index (χ0n) is 14.8. The van der Waals surface area contributed by atoms with Crippen molar-refractivity contribution in [3.63, 3.8) is 0 Å². The molecule has 0 unspecified atom stereocenters. The molecule has 8 heteroatoms. The molecule has 2 aromatic rings. The summed E-state index contributed by atoms with van der Waals surface area (Å²) in [6, 6.07) is 9.98. The monoisotopic (exact) mass is 375 g/mol. The second kappa shape index (κ2) is 7.57. The standard InChI is InChI=1S/C18H21N3O4S/c1-4-12-9-15(25-13-7-5-11(2)6-8-13)16(26(3,23)24)10-14(12)17(22)21-18(19)20/h5-10H,4H2,1-3H3,(H4,19,20,21,22). The minimum absolute atomic E-state index is 0.107. The fourth-order valence-corrected chi connectivity index (χ4v) is 3.17. The highest BCUT2D eigenvalue weighted by molar-refractivity contribution is 7.90. The molecule has 0 aliphatic carbocycles. The van der Waals surface area contributed by atoms with Crippen molar-refractivity contribution < 1.29 is 17.9 Å². The van der Waals surface area contributed by atoms with Crippen LogP contribution in [0.2, 0.25) is 0 Å². The second-order valence-electron chi connectivity index (χ2n) is 5.84. The molecule has 0 bridgehead atoms. The molecule has 2 rings (SSSR count). The molecule has 0 saturated heterocycles. The average molecular weight is 375 g/mol. The Labute approximate surface area is 152 Å². The molecule has 138 valence electrons. The number of guanidine groups is 1. The molecule has 2 aromatic carbocycles. The summed E-state index contributed by atoms with van der Waals surface area (Å²) in [4.78, 5) is 15.6. The first-order valence-corrected chi connectivity index (χ1v) is 9.76. The molecule has 26 heavy (non-hydrogen) atoms. The Kier molecular flexibility index (Phi) is 5.66.